The Morgan fingerprint density at radius 2 is 1.78 bits per heavy atom. The van der Waals surface area contributed by atoms with Crippen LogP contribution in [-0.2, 0) is 4.79 Å². The molecule has 0 spiro atoms. The van der Waals surface area contributed by atoms with Crippen molar-refractivity contribution in [3.05, 3.63) is 54.6 Å². The highest BCUT2D eigenvalue weighted by atomic mass is 16.5. The van der Waals surface area contributed by atoms with Gasteiger partial charge in [0, 0.05) is 12.2 Å². The third-order valence-corrected chi connectivity index (χ3v) is 3.93. The minimum absolute atomic E-state index is 0.0965. The van der Waals surface area contributed by atoms with E-state index in [9.17, 15) is 9.90 Å². The summed E-state index contributed by atoms with van der Waals surface area (Å²) in [6, 6.07) is 16.5. The monoisotopic (exact) mass is 312 g/mol. The van der Waals surface area contributed by atoms with E-state index in [0.717, 1.165) is 5.75 Å². The fourth-order valence-electron chi connectivity index (χ4n) is 2.74. The highest BCUT2D eigenvalue weighted by molar-refractivity contribution is 5.95. The van der Waals surface area contributed by atoms with Gasteiger partial charge in [-0.05, 0) is 49.9 Å². The van der Waals surface area contributed by atoms with Crippen LogP contribution in [0.1, 0.15) is 6.42 Å². The van der Waals surface area contributed by atoms with Crippen LogP contribution in [0.4, 0.5) is 5.69 Å². The molecule has 0 aromatic heterocycles. The van der Waals surface area contributed by atoms with E-state index in [4.69, 9.17) is 4.74 Å². The lowest BCUT2D eigenvalue weighted by molar-refractivity contribution is -0.120. The van der Waals surface area contributed by atoms with Gasteiger partial charge in [-0.3, -0.25) is 9.69 Å². The van der Waals surface area contributed by atoms with Crippen LogP contribution in [0.15, 0.2) is 54.6 Å². The summed E-state index contributed by atoms with van der Waals surface area (Å²) >= 11 is 0. The third kappa shape index (κ3) is 3.88. The fourth-order valence-corrected chi connectivity index (χ4v) is 2.74. The molecule has 0 radical (unpaired) electrons. The first kappa shape index (κ1) is 15.5. The molecule has 1 aliphatic heterocycles. The van der Waals surface area contributed by atoms with Crippen molar-refractivity contribution in [3.63, 3.8) is 0 Å². The smallest absolute Gasteiger partial charge is 0.241 e. The standard InChI is InChI=1S/C18H20N2O3/c1-20-12-14(21)11-17(20)18(22)19-13-7-9-16(10-8-13)23-15-5-3-2-4-6-15/h2-10,14,17,21H,11-12H2,1H3,(H,19,22)/t14-,17+/m1/s1. The van der Waals surface area contributed by atoms with Gasteiger partial charge in [0.05, 0.1) is 12.1 Å². The van der Waals surface area contributed by atoms with Crippen molar-refractivity contribution < 1.29 is 14.6 Å². The van der Waals surface area contributed by atoms with Crippen molar-refractivity contribution in [2.45, 2.75) is 18.6 Å². The molecule has 0 unspecified atom stereocenters. The molecule has 23 heavy (non-hydrogen) atoms. The van der Waals surface area contributed by atoms with E-state index in [1.807, 2.05) is 66.5 Å². The Kier molecular flexibility index (Phi) is 4.60. The zero-order valence-corrected chi connectivity index (χ0v) is 13.0. The van der Waals surface area contributed by atoms with Gasteiger partial charge in [0.25, 0.3) is 0 Å². The summed E-state index contributed by atoms with van der Waals surface area (Å²) in [7, 11) is 1.84. The summed E-state index contributed by atoms with van der Waals surface area (Å²) in [5.41, 5.74) is 0.713. The molecule has 0 saturated carbocycles. The number of rotatable bonds is 4. The number of benzene rings is 2. The van der Waals surface area contributed by atoms with Crippen LogP contribution in [0.5, 0.6) is 11.5 Å². The number of likely N-dealkylation sites (tertiary alicyclic amines) is 1. The highest BCUT2D eigenvalue weighted by Gasteiger charge is 2.33. The van der Waals surface area contributed by atoms with E-state index in [0.29, 0.717) is 24.4 Å². The Morgan fingerprint density at radius 1 is 1.13 bits per heavy atom. The quantitative estimate of drug-likeness (QED) is 0.910. The lowest BCUT2D eigenvalue weighted by atomic mass is 10.2. The van der Waals surface area contributed by atoms with E-state index in [1.165, 1.54) is 0 Å². The second kappa shape index (κ2) is 6.81. The average Bonchev–Trinajstić information content (AvgIpc) is 2.89. The van der Waals surface area contributed by atoms with Gasteiger partial charge in [-0.25, -0.2) is 0 Å². The largest absolute Gasteiger partial charge is 0.457 e. The minimum Gasteiger partial charge on any atom is -0.457 e. The molecule has 5 nitrogen and oxygen atoms in total. The van der Waals surface area contributed by atoms with Gasteiger partial charge in [-0.2, -0.15) is 0 Å². The molecule has 1 heterocycles. The topological polar surface area (TPSA) is 61.8 Å². The number of hydrogen-bond donors (Lipinski definition) is 2. The van der Waals surface area contributed by atoms with Gasteiger partial charge >= 0.3 is 0 Å². The number of β-amino-alcohol motifs (C(OH)–C–C–N with tert-alkyl or cyclic N) is 1. The molecule has 1 aliphatic rings. The van der Waals surface area contributed by atoms with E-state index in [1.54, 1.807) is 0 Å². The van der Waals surface area contributed by atoms with Crippen LogP contribution in [0.2, 0.25) is 0 Å². The number of carbonyl (C=O) groups excluding carboxylic acids is 1. The summed E-state index contributed by atoms with van der Waals surface area (Å²) in [5, 5.41) is 12.5. The second-order valence-corrected chi connectivity index (χ2v) is 5.77. The molecular formula is C18H20N2O3. The van der Waals surface area contributed by atoms with Gasteiger partial charge < -0.3 is 15.2 Å². The molecule has 5 heteroatoms. The van der Waals surface area contributed by atoms with Crippen LogP contribution in [0, 0.1) is 0 Å². The lowest BCUT2D eigenvalue weighted by Gasteiger charge is -2.18. The number of likely N-dealkylation sites (N-methyl/N-ethyl adjacent to an activating group) is 1. The Bertz CT molecular complexity index is 658. The molecule has 0 aliphatic carbocycles. The molecule has 2 aromatic carbocycles. The highest BCUT2D eigenvalue weighted by Crippen LogP contribution is 2.23. The van der Waals surface area contributed by atoms with Crippen LogP contribution >= 0.6 is 0 Å². The van der Waals surface area contributed by atoms with Gasteiger partial charge in [0.2, 0.25) is 5.91 Å². The predicted octanol–water partition coefficient (Wildman–Crippen LogP) is 2.48. The molecule has 2 N–H and O–H groups in total. The number of nitrogens with zero attached hydrogens (tertiary/aromatic N) is 1. The molecular weight excluding hydrogens is 292 g/mol. The Labute approximate surface area is 135 Å². The zero-order valence-electron chi connectivity index (χ0n) is 13.0. The lowest BCUT2D eigenvalue weighted by Crippen LogP contribution is -2.37. The maximum atomic E-state index is 12.3. The van der Waals surface area contributed by atoms with Crippen molar-refractivity contribution in [1.82, 2.24) is 4.90 Å². The number of amides is 1. The van der Waals surface area contributed by atoms with E-state index in [-0.39, 0.29) is 11.9 Å². The normalized spacial score (nSPS) is 21.1. The Hall–Kier alpha value is -2.37. The summed E-state index contributed by atoms with van der Waals surface area (Å²) in [6.45, 7) is 0.530. The molecule has 2 aromatic rings. The van der Waals surface area contributed by atoms with Crippen molar-refractivity contribution in [1.29, 1.82) is 0 Å². The number of nitrogens with one attached hydrogen (secondary N) is 1. The first-order chi connectivity index (χ1) is 11.1. The van der Waals surface area contributed by atoms with Crippen LogP contribution in [0.25, 0.3) is 0 Å². The van der Waals surface area contributed by atoms with Crippen LogP contribution in [0.3, 0.4) is 0 Å². The van der Waals surface area contributed by atoms with Crippen molar-refractivity contribution in [2.75, 3.05) is 18.9 Å². The summed E-state index contributed by atoms with van der Waals surface area (Å²) in [5.74, 6) is 1.38. The number of carbonyl (C=O) groups is 1. The van der Waals surface area contributed by atoms with Gasteiger partial charge in [0.1, 0.15) is 11.5 Å². The van der Waals surface area contributed by atoms with E-state index in [2.05, 4.69) is 5.32 Å². The number of aliphatic hydroxyl groups excluding tert-OH is 1. The maximum Gasteiger partial charge on any atom is 0.241 e. The number of aliphatic hydroxyl groups is 1. The summed E-state index contributed by atoms with van der Waals surface area (Å²) < 4.78 is 5.72. The summed E-state index contributed by atoms with van der Waals surface area (Å²) in [6.07, 6.45) is 0.0368. The van der Waals surface area contributed by atoms with Gasteiger partial charge in [-0.15, -0.1) is 0 Å². The first-order valence-electron chi connectivity index (χ1n) is 7.64. The van der Waals surface area contributed by atoms with Crippen molar-refractivity contribution in [3.8, 4) is 11.5 Å². The SMILES string of the molecule is CN1C[C@H](O)C[C@H]1C(=O)Nc1ccc(Oc2ccccc2)cc1. The van der Waals surface area contributed by atoms with Gasteiger partial charge in [-0.1, -0.05) is 18.2 Å². The third-order valence-electron chi connectivity index (χ3n) is 3.93. The van der Waals surface area contributed by atoms with E-state index < -0.39 is 6.10 Å². The van der Waals surface area contributed by atoms with Crippen LogP contribution in [-0.4, -0.2) is 41.7 Å². The predicted molar refractivity (Wildman–Crippen MR) is 88.6 cm³/mol. The number of anilines is 1. The van der Waals surface area contributed by atoms with Crippen molar-refractivity contribution in [2.24, 2.45) is 0 Å². The Balaban J connectivity index is 1.60. The molecule has 0 bridgehead atoms. The van der Waals surface area contributed by atoms with Gasteiger partial charge in [0.15, 0.2) is 0 Å². The van der Waals surface area contributed by atoms with Crippen LogP contribution < -0.4 is 10.1 Å². The Morgan fingerprint density at radius 3 is 2.39 bits per heavy atom. The molecule has 1 fully saturated rings. The average molecular weight is 312 g/mol. The minimum atomic E-state index is -0.433. The fraction of sp³-hybridized carbons (Fsp3) is 0.278. The molecule has 1 amide bonds. The molecule has 120 valence electrons. The number of hydrogen-bond acceptors (Lipinski definition) is 4. The number of para-hydroxylation sites is 1. The number of ether oxygens (including phenoxy) is 1. The molecule has 2 atom stereocenters. The van der Waals surface area contributed by atoms with Crippen molar-refractivity contribution >= 4 is 11.6 Å². The van der Waals surface area contributed by atoms with E-state index >= 15 is 0 Å². The first-order valence-corrected chi connectivity index (χ1v) is 7.64. The zero-order chi connectivity index (χ0) is 16.2. The summed E-state index contributed by atoms with van der Waals surface area (Å²) in [4.78, 5) is 14.1. The molecule has 3 rings (SSSR count). The second-order valence-electron chi connectivity index (χ2n) is 5.77. The maximum absolute atomic E-state index is 12.3. The molecule has 1 saturated heterocycles.